The molecule has 4 atom stereocenters. The van der Waals surface area contributed by atoms with Gasteiger partial charge in [0.1, 0.15) is 0 Å². The molecule has 1 rings (SSSR count). The number of carbonyl (C=O) groups is 1. The lowest BCUT2D eigenvalue weighted by Crippen LogP contribution is -2.21. The van der Waals surface area contributed by atoms with Gasteiger partial charge >= 0.3 is 5.97 Å². The van der Waals surface area contributed by atoms with Gasteiger partial charge in [0, 0.05) is 0 Å². The van der Waals surface area contributed by atoms with Crippen LogP contribution in [0, 0.1) is 11.8 Å². The Morgan fingerprint density at radius 2 is 1.62 bits per heavy atom. The van der Waals surface area contributed by atoms with Crippen LogP contribution in [0.2, 0.25) is 0 Å². The molecule has 1 aliphatic rings. The molecule has 1 aliphatic carbocycles. The van der Waals surface area contributed by atoms with Crippen molar-refractivity contribution in [3.05, 3.63) is 24.3 Å². The minimum Gasteiger partial charge on any atom is -0.481 e. The predicted octanol–water partition coefficient (Wildman–Crippen LogP) is 4.07. The van der Waals surface area contributed by atoms with E-state index in [2.05, 4.69) is 19.1 Å². The zero-order chi connectivity index (χ0) is 17.8. The van der Waals surface area contributed by atoms with Crippen molar-refractivity contribution in [2.45, 2.75) is 83.3 Å². The zero-order valence-corrected chi connectivity index (χ0v) is 14.9. The second kappa shape index (κ2) is 12.3. The molecular formula is C20H34O4. The Kier molecular flexibility index (Phi) is 10.7. The van der Waals surface area contributed by atoms with Gasteiger partial charge in [0.2, 0.25) is 0 Å². The third-order valence-electron chi connectivity index (χ3n) is 4.94. The lowest BCUT2D eigenvalue weighted by Gasteiger charge is -2.22. The number of hydrogen-bond donors (Lipinski definition) is 3. The quantitative estimate of drug-likeness (QED) is 0.370. The van der Waals surface area contributed by atoms with E-state index >= 15 is 0 Å². The molecule has 1 saturated carbocycles. The molecule has 0 radical (unpaired) electrons. The number of unbranched alkanes of at least 4 members (excludes halogenated alkanes) is 4. The highest BCUT2D eigenvalue weighted by Crippen LogP contribution is 2.38. The molecule has 138 valence electrons. The van der Waals surface area contributed by atoms with Crippen molar-refractivity contribution in [1.82, 2.24) is 0 Å². The fourth-order valence-corrected chi connectivity index (χ4v) is 3.56. The maximum Gasteiger partial charge on any atom is 0.307 e. The first-order valence-electron chi connectivity index (χ1n) is 9.44. The van der Waals surface area contributed by atoms with Crippen LogP contribution in [0.25, 0.3) is 0 Å². The first-order chi connectivity index (χ1) is 11.6. The van der Waals surface area contributed by atoms with Crippen molar-refractivity contribution >= 4 is 5.97 Å². The van der Waals surface area contributed by atoms with Gasteiger partial charge in [-0.15, -0.1) is 0 Å². The molecule has 0 unspecified atom stereocenters. The number of rotatable bonds is 12. The first-order valence-corrected chi connectivity index (χ1v) is 9.44. The molecule has 0 amide bonds. The smallest absolute Gasteiger partial charge is 0.307 e. The van der Waals surface area contributed by atoms with Gasteiger partial charge in [-0.2, -0.15) is 0 Å². The van der Waals surface area contributed by atoms with Crippen LogP contribution in [0.3, 0.4) is 0 Å². The molecule has 3 N–H and O–H groups in total. The van der Waals surface area contributed by atoms with Crippen molar-refractivity contribution in [2.75, 3.05) is 0 Å². The second-order valence-corrected chi connectivity index (χ2v) is 6.90. The molecule has 0 aromatic carbocycles. The number of allylic oxidation sites excluding steroid dienone is 3. The Balaban J connectivity index is 2.33. The van der Waals surface area contributed by atoms with E-state index < -0.39 is 18.2 Å². The Morgan fingerprint density at radius 1 is 0.958 bits per heavy atom. The van der Waals surface area contributed by atoms with Crippen LogP contribution in [-0.4, -0.2) is 33.5 Å². The molecule has 0 aromatic rings. The summed E-state index contributed by atoms with van der Waals surface area (Å²) in [6.45, 7) is 2.20. The average molecular weight is 338 g/mol. The average Bonchev–Trinajstić information content (AvgIpc) is 2.80. The third-order valence-corrected chi connectivity index (χ3v) is 4.94. The fraction of sp³-hybridized carbons (Fsp3) is 0.750. The van der Waals surface area contributed by atoms with Crippen molar-refractivity contribution in [3.63, 3.8) is 0 Å². The number of carboxylic acids is 1. The van der Waals surface area contributed by atoms with E-state index in [4.69, 9.17) is 5.11 Å². The van der Waals surface area contributed by atoms with E-state index in [0.29, 0.717) is 6.42 Å². The number of aliphatic hydroxyl groups excluding tert-OH is 2. The Morgan fingerprint density at radius 3 is 2.33 bits per heavy atom. The second-order valence-electron chi connectivity index (χ2n) is 6.90. The van der Waals surface area contributed by atoms with Gasteiger partial charge in [0.05, 0.1) is 18.6 Å². The molecule has 0 bridgehead atoms. The molecule has 0 aromatic heterocycles. The summed E-state index contributed by atoms with van der Waals surface area (Å²) in [7, 11) is 0. The minimum absolute atomic E-state index is 0.0657. The summed E-state index contributed by atoms with van der Waals surface area (Å²) in [5.74, 6) is -0.523. The van der Waals surface area contributed by atoms with Gasteiger partial charge in [-0.05, 0) is 56.8 Å². The van der Waals surface area contributed by atoms with Crippen molar-refractivity contribution in [1.29, 1.82) is 0 Å². The van der Waals surface area contributed by atoms with Crippen LogP contribution in [0.1, 0.15) is 71.1 Å². The summed E-state index contributed by atoms with van der Waals surface area (Å²) in [6, 6.07) is 0. The Bertz CT molecular complexity index is 402. The summed E-state index contributed by atoms with van der Waals surface area (Å²) in [4.78, 5) is 10.4. The van der Waals surface area contributed by atoms with E-state index in [1.165, 1.54) is 19.3 Å². The molecule has 4 nitrogen and oxygen atoms in total. The summed E-state index contributed by atoms with van der Waals surface area (Å²) in [6.07, 6.45) is 15.9. The van der Waals surface area contributed by atoms with Gasteiger partial charge in [0.25, 0.3) is 0 Å². The van der Waals surface area contributed by atoms with E-state index in [9.17, 15) is 15.0 Å². The Hall–Kier alpha value is -1.13. The maximum absolute atomic E-state index is 10.4. The SMILES string of the molecule is CCCCCC=CC[C@@H]1[C@@H](CCCC=CCC(=O)O)[C@@H](O)C[C@H]1O. The van der Waals surface area contributed by atoms with Crippen LogP contribution in [0.5, 0.6) is 0 Å². The van der Waals surface area contributed by atoms with E-state index in [0.717, 1.165) is 32.1 Å². The zero-order valence-electron chi connectivity index (χ0n) is 14.9. The summed E-state index contributed by atoms with van der Waals surface area (Å²) >= 11 is 0. The predicted molar refractivity (Wildman–Crippen MR) is 96.8 cm³/mol. The van der Waals surface area contributed by atoms with Crippen LogP contribution in [0.15, 0.2) is 24.3 Å². The topological polar surface area (TPSA) is 77.8 Å². The lowest BCUT2D eigenvalue weighted by atomic mass is 9.86. The minimum atomic E-state index is -0.814. The van der Waals surface area contributed by atoms with Crippen molar-refractivity contribution in [3.8, 4) is 0 Å². The summed E-state index contributed by atoms with van der Waals surface area (Å²) in [5.41, 5.74) is 0. The van der Waals surface area contributed by atoms with Gasteiger partial charge in [-0.1, -0.05) is 44.1 Å². The largest absolute Gasteiger partial charge is 0.481 e. The third kappa shape index (κ3) is 8.11. The van der Waals surface area contributed by atoms with Crippen molar-refractivity contribution < 1.29 is 20.1 Å². The molecule has 0 spiro atoms. The monoisotopic (exact) mass is 338 g/mol. The van der Waals surface area contributed by atoms with Gasteiger partial charge in [-0.25, -0.2) is 0 Å². The highest BCUT2D eigenvalue weighted by atomic mass is 16.4. The molecule has 0 aliphatic heterocycles. The Labute approximate surface area is 146 Å². The van der Waals surface area contributed by atoms with Crippen LogP contribution in [0.4, 0.5) is 0 Å². The maximum atomic E-state index is 10.4. The molecule has 4 heteroatoms. The molecule has 0 heterocycles. The standard InChI is InChI=1S/C20H34O4/c1-2-3-4-5-6-9-12-16-17(19(22)15-18(16)21)13-10-7-8-11-14-20(23)24/h6,8-9,11,16-19,21-22H,2-5,7,10,12-15H2,1H3,(H,23,24)/t16-,17-,18-,19+/m1/s1. The van der Waals surface area contributed by atoms with E-state index in [1.807, 2.05) is 6.08 Å². The van der Waals surface area contributed by atoms with Gasteiger partial charge in [-0.3, -0.25) is 4.79 Å². The summed E-state index contributed by atoms with van der Waals surface area (Å²) < 4.78 is 0. The van der Waals surface area contributed by atoms with Crippen LogP contribution in [-0.2, 0) is 4.79 Å². The van der Waals surface area contributed by atoms with E-state index in [-0.39, 0.29) is 18.3 Å². The van der Waals surface area contributed by atoms with Crippen molar-refractivity contribution in [2.24, 2.45) is 11.8 Å². The number of hydrogen-bond acceptors (Lipinski definition) is 3. The molecular weight excluding hydrogens is 304 g/mol. The highest BCUT2D eigenvalue weighted by Gasteiger charge is 2.40. The molecule has 24 heavy (non-hydrogen) atoms. The highest BCUT2D eigenvalue weighted by molar-refractivity contribution is 5.68. The van der Waals surface area contributed by atoms with E-state index in [1.54, 1.807) is 6.08 Å². The number of aliphatic hydroxyl groups is 2. The normalized spacial score (nSPS) is 27.5. The number of aliphatic carboxylic acids is 1. The van der Waals surface area contributed by atoms with Gasteiger partial charge in [0.15, 0.2) is 0 Å². The van der Waals surface area contributed by atoms with Crippen LogP contribution < -0.4 is 0 Å². The van der Waals surface area contributed by atoms with Gasteiger partial charge < -0.3 is 15.3 Å². The summed E-state index contributed by atoms with van der Waals surface area (Å²) in [5, 5.41) is 29.0. The molecule has 0 saturated heterocycles. The number of carboxylic acid groups (broad SMARTS) is 1. The molecule has 1 fully saturated rings. The lowest BCUT2D eigenvalue weighted by molar-refractivity contribution is -0.136. The fourth-order valence-electron chi connectivity index (χ4n) is 3.56. The van der Waals surface area contributed by atoms with Crippen LogP contribution >= 0.6 is 0 Å². The first kappa shape index (κ1) is 20.9.